The fraction of sp³-hybridized carbons (Fsp3) is 1.00. The first-order chi connectivity index (χ1) is 7.25. The van der Waals surface area contributed by atoms with Gasteiger partial charge in [0.15, 0.2) is 0 Å². The van der Waals surface area contributed by atoms with Crippen LogP contribution in [0.4, 0.5) is 0 Å². The molecule has 0 bridgehead atoms. The first kappa shape index (κ1) is 12.9. The Hall–Kier alpha value is -0.120. The number of likely N-dealkylation sites (N-methyl/N-ethyl adjacent to an activating group) is 1. The molecule has 1 saturated heterocycles. The Morgan fingerprint density at radius 2 is 2.20 bits per heavy atom. The number of hydrogen-bond acceptors (Lipinski definition) is 3. The van der Waals surface area contributed by atoms with Crippen molar-refractivity contribution in [2.24, 2.45) is 0 Å². The number of rotatable bonds is 7. The average Bonchev–Trinajstić information content (AvgIpc) is 2.64. The van der Waals surface area contributed by atoms with Crippen LogP contribution in [-0.2, 0) is 4.74 Å². The Balaban J connectivity index is 2.05. The molecule has 1 N–H and O–H groups in total. The van der Waals surface area contributed by atoms with E-state index in [4.69, 9.17) is 4.74 Å². The van der Waals surface area contributed by atoms with E-state index >= 15 is 0 Å². The fourth-order valence-corrected chi connectivity index (χ4v) is 2.15. The van der Waals surface area contributed by atoms with Crippen molar-refractivity contribution in [3.8, 4) is 0 Å². The molecule has 2 unspecified atom stereocenters. The van der Waals surface area contributed by atoms with Crippen LogP contribution in [0.5, 0.6) is 0 Å². The van der Waals surface area contributed by atoms with Crippen LogP contribution < -0.4 is 5.32 Å². The van der Waals surface area contributed by atoms with E-state index in [1.165, 1.54) is 19.3 Å². The van der Waals surface area contributed by atoms with Gasteiger partial charge < -0.3 is 10.1 Å². The predicted molar refractivity (Wildman–Crippen MR) is 64.2 cm³/mol. The van der Waals surface area contributed by atoms with E-state index in [-0.39, 0.29) is 0 Å². The lowest BCUT2D eigenvalue weighted by Gasteiger charge is -2.26. The standard InChI is InChI=1S/C12H26N2O/c1-4-5-7-13-8-9-14(3)12-6-10-15-11(12)2/h11-13H,4-10H2,1-3H3. The van der Waals surface area contributed by atoms with Crippen LogP contribution in [0.15, 0.2) is 0 Å². The van der Waals surface area contributed by atoms with Crippen LogP contribution in [0.2, 0.25) is 0 Å². The molecule has 0 radical (unpaired) electrons. The summed E-state index contributed by atoms with van der Waals surface area (Å²) in [6.07, 6.45) is 4.15. The molecule has 0 saturated carbocycles. The minimum atomic E-state index is 0.408. The van der Waals surface area contributed by atoms with Gasteiger partial charge in [-0.25, -0.2) is 0 Å². The zero-order valence-electron chi connectivity index (χ0n) is 10.5. The molecule has 0 aromatic heterocycles. The molecule has 0 aliphatic carbocycles. The molecule has 0 spiro atoms. The molecule has 1 rings (SSSR count). The lowest BCUT2D eigenvalue weighted by molar-refractivity contribution is 0.0840. The number of ether oxygens (including phenoxy) is 1. The number of nitrogens with zero attached hydrogens (tertiary/aromatic N) is 1. The first-order valence-electron chi connectivity index (χ1n) is 6.28. The summed E-state index contributed by atoms with van der Waals surface area (Å²) in [5.41, 5.74) is 0. The van der Waals surface area contributed by atoms with Crippen LogP contribution in [-0.4, -0.2) is 50.3 Å². The third-order valence-corrected chi connectivity index (χ3v) is 3.25. The average molecular weight is 214 g/mol. The van der Waals surface area contributed by atoms with Gasteiger partial charge in [0.1, 0.15) is 0 Å². The molecule has 1 aliphatic rings. The van der Waals surface area contributed by atoms with Gasteiger partial charge in [-0.1, -0.05) is 13.3 Å². The second kappa shape index (κ2) is 7.20. The molecular weight excluding hydrogens is 188 g/mol. The summed E-state index contributed by atoms with van der Waals surface area (Å²) in [6, 6.07) is 0.623. The SMILES string of the molecule is CCCCNCCN(C)C1CCOC1C. The number of unbranched alkanes of at least 4 members (excludes halogenated alkanes) is 1. The van der Waals surface area contributed by atoms with Gasteiger partial charge in [-0.05, 0) is 33.4 Å². The van der Waals surface area contributed by atoms with E-state index in [1.54, 1.807) is 0 Å². The van der Waals surface area contributed by atoms with Gasteiger partial charge in [0.2, 0.25) is 0 Å². The maximum absolute atomic E-state index is 5.57. The fourth-order valence-electron chi connectivity index (χ4n) is 2.15. The molecule has 1 aliphatic heterocycles. The van der Waals surface area contributed by atoms with Crippen molar-refractivity contribution in [2.45, 2.75) is 45.3 Å². The minimum absolute atomic E-state index is 0.408. The van der Waals surface area contributed by atoms with Gasteiger partial charge in [0.25, 0.3) is 0 Å². The third-order valence-electron chi connectivity index (χ3n) is 3.25. The highest BCUT2D eigenvalue weighted by Gasteiger charge is 2.27. The van der Waals surface area contributed by atoms with Crippen molar-refractivity contribution in [2.75, 3.05) is 33.3 Å². The van der Waals surface area contributed by atoms with Gasteiger partial charge in [-0.2, -0.15) is 0 Å². The molecule has 0 aromatic rings. The van der Waals surface area contributed by atoms with E-state index in [0.29, 0.717) is 12.1 Å². The lowest BCUT2D eigenvalue weighted by Crippen LogP contribution is -2.40. The number of hydrogen-bond donors (Lipinski definition) is 1. The molecule has 1 fully saturated rings. The van der Waals surface area contributed by atoms with Crippen molar-refractivity contribution in [3.63, 3.8) is 0 Å². The smallest absolute Gasteiger partial charge is 0.0702 e. The summed E-state index contributed by atoms with van der Waals surface area (Å²) in [7, 11) is 2.21. The van der Waals surface area contributed by atoms with E-state index in [9.17, 15) is 0 Å². The van der Waals surface area contributed by atoms with Crippen LogP contribution in [0.25, 0.3) is 0 Å². The van der Waals surface area contributed by atoms with Gasteiger partial charge in [0.05, 0.1) is 6.10 Å². The van der Waals surface area contributed by atoms with Crippen molar-refractivity contribution >= 4 is 0 Å². The Labute approximate surface area is 94.2 Å². The quantitative estimate of drug-likeness (QED) is 0.650. The summed E-state index contributed by atoms with van der Waals surface area (Å²) in [5.74, 6) is 0. The van der Waals surface area contributed by atoms with Crippen molar-refractivity contribution in [1.82, 2.24) is 10.2 Å². The molecule has 3 heteroatoms. The lowest BCUT2D eigenvalue weighted by atomic mass is 10.1. The maximum atomic E-state index is 5.57. The monoisotopic (exact) mass is 214 g/mol. The summed E-state index contributed by atoms with van der Waals surface area (Å²) in [5, 5.41) is 3.47. The Morgan fingerprint density at radius 3 is 2.80 bits per heavy atom. The molecular formula is C12H26N2O. The Kier molecular flexibility index (Phi) is 6.22. The van der Waals surface area contributed by atoms with Crippen molar-refractivity contribution in [3.05, 3.63) is 0 Å². The highest BCUT2D eigenvalue weighted by molar-refractivity contribution is 4.80. The maximum Gasteiger partial charge on any atom is 0.0702 e. The molecule has 90 valence electrons. The van der Waals surface area contributed by atoms with E-state index in [0.717, 1.165) is 26.2 Å². The normalized spacial score (nSPS) is 26.4. The van der Waals surface area contributed by atoms with Gasteiger partial charge in [0, 0.05) is 25.7 Å². The predicted octanol–water partition coefficient (Wildman–Crippen LogP) is 1.49. The van der Waals surface area contributed by atoms with Gasteiger partial charge >= 0.3 is 0 Å². The van der Waals surface area contributed by atoms with Crippen molar-refractivity contribution in [1.29, 1.82) is 0 Å². The second-order valence-electron chi connectivity index (χ2n) is 4.52. The number of nitrogens with one attached hydrogen (secondary N) is 1. The molecule has 0 aromatic carbocycles. The van der Waals surface area contributed by atoms with E-state index in [2.05, 4.69) is 31.1 Å². The first-order valence-corrected chi connectivity index (χ1v) is 6.28. The summed E-state index contributed by atoms with van der Waals surface area (Å²) in [6.45, 7) is 8.71. The Bertz CT molecular complexity index is 164. The molecule has 0 amide bonds. The molecule has 1 heterocycles. The van der Waals surface area contributed by atoms with Crippen LogP contribution in [0.1, 0.15) is 33.1 Å². The summed E-state index contributed by atoms with van der Waals surface area (Å²) >= 11 is 0. The highest BCUT2D eigenvalue weighted by Crippen LogP contribution is 2.17. The zero-order chi connectivity index (χ0) is 11.1. The summed E-state index contributed by atoms with van der Waals surface area (Å²) < 4.78 is 5.57. The van der Waals surface area contributed by atoms with E-state index < -0.39 is 0 Å². The second-order valence-corrected chi connectivity index (χ2v) is 4.52. The van der Waals surface area contributed by atoms with Crippen LogP contribution in [0, 0.1) is 0 Å². The summed E-state index contributed by atoms with van der Waals surface area (Å²) in [4.78, 5) is 2.43. The highest BCUT2D eigenvalue weighted by atomic mass is 16.5. The van der Waals surface area contributed by atoms with Gasteiger partial charge in [-0.3, -0.25) is 4.90 Å². The minimum Gasteiger partial charge on any atom is -0.377 e. The zero-order valence-corrected chi connectivity index (χ0v) is 10.5. The largest absolute Gasteiger partial charge is 0.377 e. The third kappa shape index (κ3) is 4.49. The van der Waals surface area contributed by atoms with Gasteiger partial charge in [-0.15, -0.1) is 0 Å². The molecule has 2 atom stereocenters. The van der Waals surface area contributed by atoms with Crippen LogP contribution in [0.3, 0.4) is 0 Å². The Morgan fingerprint density at radius 1 is 1.40 bits per heavy atom. The molecule has 15 heavy (non-hydrogen) atoms. The van der Waals surface area contributed by atoms with E-state index in [1.807, 2.05) is 0 Å². The topological polar surface area (TPSA) is 24.5 Å². The van der Waals surface area contributed by atoms with Crippen molar-refractivity contribution < 1.29 is 4.74 Å². The van der Waals surface area contributed by atoms with Crippen LogP contribution >= 0.6 is 0 Å². The molecule has 3 nitrogen and oxygen atoms in total.